The van der Waals surface area contributed by atoms with Crippen molar-refractivity contribution in [3.05, 3.63) is 102 Å². The van der Waals surface area contributed by atoms with Gasteiger partial charge < -0.3 is 10.2 Å². The van der Waals surface area contributed by atoms with Gasteiger partial charge in [-0.1, -0.05) is 60.7 Å². The van der Waals surface area contributed by atoms with E-state index < -0.39 is 0 Å². The summed E-state index contributed by atoms with van der Waals surface area (Å²) in [5.41, 5.74) is 3.77. The van der Waals surface area contributed by atoms with E-state index in [2.05, 4.69) is 75.9 Å². The Morgan fingerprint density at radius 3 is 2.06 bits per heavy atom. The number of amides is 1. The van der Waals surface area contributed by atoms with Crippen molar-refractivity contribution in [1.29, 1.82) is 0 Å². The van der Waals surface area contributed by atoms with Gasteiger partial charge in [0.1, 0.15) is 0 Å². The second-order valence-corrected chi connectivity index (χ2v) is 8.38. The highest BCUT2D eigenvalue weighted by molar-refractivity contribution is 5.78. The number of hydrogen-bond donors (Lipinski definition) is 1. The normalized spacial score (nSPS) is 15.1. The molecule has 1 aromatic heterocycles. The van der Waals surface area contributed by atoms with Gasteiger partial charge in [0, 0.05) is 37.4 Å². The first-order chi connectivity index (χ1) is 15.3. The Bertz CT molecular complexity index is 883. The van der Waals surface area contributed by atoms with Crippen LogP contribution in [0, 0.1) is 0 Å². The first kappa shape index (κ1) is 21.3. The Morgan fingerprint density at radius 2 is 1.48 bits per heavy atom. The van der Waals surface area contributed by atoms with Crippen molar-refractivity contribution >= 4 is 5.91 Å². The maximum absolute atomic E-state index is 12.3. The van der Waals surface area contributed by atoms with Crippen molar-refractivity contribution in [3.8, 4) is 0 Å². The first-order valence-electron chi connectivity index (χ1n) is 11.3. The lowest BCUT2D eigenvalue weighted by Crippen LogP contribution is -2.45. The molecule has 0 saturated carbocycles. The SMILES string of the molecule is O=C(Cc1ccncc1)NC1CCN(CCC(c2ccccc2)c2ccccc2)CC1. The highest BCUT2D eigenvalue weighted by Gasteiger charge is 2.22. The van der Waals surface area contributed by atoms with Crippen molar-refractivity contribution in [3.63, 3.8) is 0 Å². The zero-order valence-electron chi connectivity index (χ0n) is 18.0. The summed E-state index contributed by atoms with van der Waals surface area (Å²) in [5, 5.41) is 3.22. The summed E-state index contributed by atoms with van der Waals surface area (Å²) >= 11 is 0. The molecule has 1 saturated heterocycles. The fraction of sp³-hybridized carbons (Fsp3) is 0.333. The van der Waals surface area contributed by atoms with E-state index in [4.69, 9.17) is 0 Å². The van der Waals surface area contributed by atoms with Crippen LogP contribution in [-0.2, 0) is 11.2 Å². The van der Waals surface area contributed by atoms with Gasteiger partial charge in [-0.15, -0.1) is 0 Å². The largest absolute Gasteiger partial charge is 0.353 e. The van der Waals surface area contributed by atoms with Gasteiger partial charge in [-0.25, -0.2) is 0 Å². The Balaban J connectivity index is 1.26. The number of benzene rings is 2. The van der Waals surface area contributed by atoms with Gasteiger partial charge in [-0.2, -0.15) is 0 Å². The fourth-order valence-corrected chi connectivity index (χ4v) is 4.47. The average Bonchev–Trinajstić information content (AvgIpc) is 2.82. The summed E-state index contributed by atoms with van der Waals surface area (Å²) in [6.45, 7) is 3.15. The smallest absolute Gasteiger partial charge is 0.224 e. The molecule has 0 bridgehead atoms. The Morgan fingerprint density at radius 1 is 0.903 bits per heavy atom. The van der Waals surface area contributed by atoms with E-state index in [1.165, 1.54) is 11.1 Å². The quantitative estimate of drug-likeness (QED) is 0.594. The molecule has 2 heterocycles. The zero-order valence-corrected chi connectivity index (χ0v) is 18.0. The molecule has 3 aromatic rings. The van der Waals surface area contributed by atoms with Gasteiger partial charge in [0.15, 0.2) is 0 Å². The molecule has 4 rings (SSSR count). The van der Waals surface area contributed by atoms with E-state index in [0.717, 1.165) is 44.5 Å². The number of aromatic nitrogens is 1. The van der Waals surface area contributed by atoms with Crippen LogP contribution in [0.1, 0.15) is 41.9 Å². The molecule has 1 aliphatic heterocycles. The molecule has 1 amide bonds. The van der Waals surface area contributed by atoms with Crippen LogP contribution in [-0.4, -0.2) is 41.5 Å². The molecular weight excluding hydrogens is 382 g/mol. The molecule has 160 valence electrons. The Kier molecular flexibility index (Phi) is 7.46. The van der Waals surface area contributed by atoms with E-state index >= 15 is 0 Å². The maximum atomic E-state index is 12.3. The van der Waals surface area contributed by atoms with Crippen molar-refractivity contribution in [2.24, 2.45) is 0 Å². The summed E-state index contributed by atoms with van der Waals surface area (Å²) in [4.78, 5) is 18.9. The van der Waals surface area contributed by atoms with Crippen LogP contribution in [0.5, 0.6) is 0 Å². The molecule has 4 nitrogen and oxygen atoms in total. The van der Waals surface area contributed by atoms with E-state index in [1.807, 2.05) is 12.1 Å². The van der Waals surface area contributed by atoms with Gasteiger partial charge in [0.05, 0.1) is 6.42 Å². The summed E-state index contributed by atoms with van der Waals surface area (Å²) in [6.07, 6.45) is 7.04. The molecule has 0 unspecified atom stereocenters. The van der Waals surface area contributed by atoms with E-state index in [-0.39, 0.29) is 11.9 Å². The van der Waals surface area contributed by atoms with Crippen LogP contribution in [0.4, 0.5) is 0 Å². The predicted molar refractivity (Wildman–Crippen MR) is 125 cm³/mol. The summed E-state index contributed by atoms with van der Waals surface area (Å²) in [7, 11) is 0. The standard InChI is InChI=1S/C27H31N3O/c31-27(21-22-11-16-28-17-12-22)29-25-13-18-30(19-14-25)20-15-26(23-7-3-1-4-8-23)24-9-5-2-6-10-24/h1-12,16-17,25-26H,13-15,18-21H2,(H,29,31). The van der Waals surface area contributed by atoms with Crippen LogP contribution >= 0.6 is 0 Å². The lowest BCUT2D eigenvalue weighted by Gasteiger charge is -2.33. The van der Waals surface area contributed by atoms with Crippen LogP contribution < -0.4 is 5.32 Å². The fourth-order valence-electron chi connectivity index (χ4n) is 4.47. The number of pyridine rings is 1. The second kappa shape index (κ2) is 10.9. The van der Waals surface area contributed by atoms with Crippen molar-refractivity contribution in [2.45, 2.75) is 37.6 Å². The molecule has 0 aliphatic carbocycles. The molecule has 1 N–H and O–H groups in total. The minimum Gasteiger partial charge on any atom is -0.353 e. The third-order valence-corrected chi connectivity index (χ3v) is 6.20. The topological polar surface area (TPSA) is 45.2 Å². The Hall–Kier alpha value is -2.98. The number of carbonyl (C=O) groups excluding carboxylic acids is 1. The summed E-state index contributed by atoms with van der Waals surface area (Å²) in [6, 6.07) is 25.7. The lowest BCUT2D eigenvalue weighted by molar-refractivity contribution is -0.121. The monoisotopic (exact) mass is 413 g/mol. The number of nitrogens with zero attached hydrogens (tertiary/aromatic N) is 2. The number of carbonyl (C=O) groups is 1. The number of likely N-dealkylation sites (tertiary alicyclic amines) is 1. The minimum absolute atomic E-state index is 0.109. The number of hydrogen-bond acceptors (Lipinski definition) is 3. The maximum Gasteiger partial charge on any atom is 0.224 e. The molecule has 0 atom stereocenters. The molecule has 1 fully saturated rings. The molecule has 2 aromatic carbocycles. The highest BCUT2D eigenvalue weighted by atomic mass is 16.1. The third kappa shape index (κ3) is 6.25. The van der Waals surface area contributed by atoms with Gasteiger partial charge in [0.25, 0.3) is 0 Å². The van der Waals surface area contributed by atoms with Gasteiger partial charge in [0.2, 0.25) is 5.91 Å². The van der Waals surface area contributed by atoms with Gasteiger partial charge in [-0.3, -0.25) is 9.78 Å². The second-order valence-electron chi connectivity index (χ2n) is 8.38. The number of nitrogens with one attached hydrogen (secondary N) is 1. The molecule has 31 heavy (non-hydrogen) atoms. The lowest BCUT2D eigenvalue weighted by atomic mass is 9.88. The zero-order chi connectivity index (χ0) is 21.3. The van der Waals surface area contributed by atoms with Crippen LogP contribution in [0.2, 0.25) is 0 Å². The van der Waals surface area contributed by atoms with Crippen molar-refractivity contribution in [2.75, 3.05) is 19.6 Å². The van der Waals surface area contributed by atoms with Crippen molar-refractivity contribution < 1.29 is 4.79 Å². The van der Waals surface area contributed by atoms with Crippen molar-refractivity contribution in [1.82, 2.24) is 15.2 Å². The summed E-state index contributed by atoms with van der Waals surface area (Å²) in [5.74, 6) is 0.526. The van der Waals surface area contributed by atoms with Crippen LogP contribution in [0.3, 0.4) is 0 Å². The molecule has 4 heteroatoms. The van der Waals surface area contributed by atoms with Gasteiger partial charge >= 0.3 is 0 Å². The average molecular weight is 414 g/mol. The summed E-state index contributed by atoms with van der Waals surface area (Å²) < 4.78 is 0. The highest BCUT2D eigenvalue weighted by Crippen LogP contribution is 2.28. The first-order valence-corrected chi connectivity index (χ1v) is 11.3. The van der Waals surface area contributed by atoms with E-state index in [0.29, 0.717) is 12.3 Å². The Labute approximate surface area is 185 Å². The molecule has 0 spiro atoms. The molecule has 0 radical (unpaired) electrons. The van der Waals surface area contributed by atoms with E-state index in [1.54, 1.807) is 12.4 Å². The van der Waals surface area contributed by atoms with Crippen LogP contribution in [0.15, 0.2) is 85.2 Å². The molecular formula is C27H31N3O. The third-order valence-electron chi connectivity index (χ3n) is 6.20. The minimum atomic E-state index is 0.109. The molecule has 1 aliphatic rings. The number of piperidine rings is 1. The van der Waals surface area contributed by atoms with Gasteiger partial charge in [-0.05, 0) is 54.6 Å². The number of rotatable bonds is 8. The van der Waals surface area contributed by atoms with Crippen LogP contribution in [0.25, 0.3) is 0 Å². The predicted octanol–water partition coefficient (Wildman–Crippen LogP) is 4.43. The van der Waals surface area contributed by atoms with E-state index in [9.17, 15) is 4.79 Å².